The largest absolute Gasteiger partial charge is 0.478 e. The first kappa shape index (κ1) is 15.5. The molecule has 5 nitrogen and oxygen atoms in total. The summed E-state index contributed by atoms with van der Waals surface area (Å²) in [6.07, 6.45) is 3.16. The molecular formula is C13H20N2O3S. The molecule has 0 radical (unpaired) electrons. The second-order valence-electron chi connectivity index (χ2n) is 4.74. The van der Waals surface area contributed by atoms with Gasteiger partial charge in [-0.3, -0.25) is 5.32 Å². The van der Waals surface area contributed by atoms with Gasteiger partial charge in [-0.05, 0) is 23.8 Å². The summed E-state index contributed by atoms with van der Waals surface area (Å²) in [7, 11) is 0. The van der Waals surface area contributed by atoms with E-state index in [4.69, 9.17) is 5.11 Å². The maximum Gasteiger partial charge on any atom is 0.338 e. The van der Waals surface area contributed by atoms with Crippen LogP contribution in [-0.4, -0.2) is 23.7 Å². The standard InChI is InChI=1S/C13H20N2O3S/c1-9(2)5-3-4-7-14-13(18)15-11-10(12(16)17)6-8-19-11/h6,8-9H,3-5,7H2,1-2H3,(H,16,17)(H2,14,15,18). The average molecular weight is 284 g/mol. The van der Waals surface area contributed by atoms with Crippen molar-refractivity contribution < 1.29 is 14.7 Å². The molecule has 6 heteroatoms. The number of rotatable bonds is 7. The maximum atomic E-state index is 11.6. The van der Waals surface area contributed by atoms with Crippen LogP contribution in [0.25, 0.3) is 0 Å². The van der Waals surface area contributed by atoms with E-state index in [0.29, 0.717) is 17.5 Å². The number of carbonyl (C=O) groups is 2. The van der Waals surface area contributed by atoms with Gasteiger partial charge in [0.15, 0.2) is 0 Å². The van der Waals surface area contributed by atoms with E-state index < -0.39 is 5.97 Å². The summed E-state index contributed by atoms with van der Waals surface area (Å²) < 4.78 is 0. The number of aromatic carboxylic acids is 1. The Morgan fingerprint density at radius 2 is 2.11 bits per heavy atom. The molecule has 1 heterocycles. The second kappa shape index (κ2) is 7.78. The lowest BCUT2D eigenvalue weighted by Crippen LogP contribution is -2.29. The van der Waals surface area contributed by atoms with Crippen LogP contribution < -0.4 is 10.6 Å². The third-order valence-corrected chi connectivity index (χ3v) is 3.45. The molecule has 2 amide bonds. The number of unbranched alkanes of at least 4 members (excludes halogenated alkanes) is 1. The molecule has 0 spiro atoms. The Kier molecular flexibility index (Phi) is 6.35. The van der Waals surface area contributed by atoms with Crippen molar-refractivity contribution in [1.82, 2.24) is 5.32 Å². The van der Waals surface area contributed by atoms with E-state index in [0.717, 1.165) is 19.3 Å². The molecule has 106 valence electrons. The highest BCUT2D eigenvalue weighted by Crippen LogP contribution is 2.22. The number of hydrogen-bond acceptors (Lipinski definition) is 3. The number of urea groups is 1. The lowest BCUT2D eigenvalue weighted by atomic mass is 10.1. The predicted molar refractivity (Wildman–Crippen MR) is 77.0 cm³/mol. The van der Waals surface area contributed by atoms with Crippen molar-refractivity contribution in [2.75, 3.05) is 11.9 Å². The summed E-state index contributed by atoms with van der Waals surface area (Å²) in [6.45, 7) is 4.95. The molecule has 1 aromatic heterocycles. The van der Waals surface area contributed by atoms with Gasteiger partial charge in [-0.1, -0.05) is 26.7 Å². The first-order valence-electron chi connectivity index (χ1n) is 6.36. The molecule has 0 saturated heterocycles. The van der Waals surface area contributed by atoms with Crippen LogP contribution in [0.15, 0.2) is 11.4 Å². The number of thiophene rings is 1. The van der Waals surface area contributed by atoms with E-state index in [1.165, 1.54) is 17.4 Å². The fourth-order valence-corrected chi connectivity index (χ4v) is 2.38. The van der Waals surface area contributed by atoms with Crippen molar-refractivity contribution in [1.29, 1.82) is 0 Å². The number of hydrogen-bond donors (Lipinski definition) is 3. The minimum Gasteiger partial charge on any atom is -0.478 e. The zero-order chi connectivity index (χ0) is 14.3. The first-order valence-corrected chi connectivity index (χ1v) is 7.24. The lowest BCUT2D eigenvalue weighted by molar-refractivity contribution is 0.0698. The van der Waals surface area contributed by atoms with Gasteiger partial charge in [-0.25, -0.2) is 9.59 Å². The minimum absolute atomic E-state index is 0.125. The molecule has 0 bridgehead atoms. The van der Waals surface area contributed by atoms with E-state index in [-0.39, 0.29) is 11.6 Å². The van der Waals surface area contributed by atoms with E-state index in [1.54, 1.807) is 5.38 Å². The predicted octanol–water partition coefficient (Wildman–Crippen LogP) is 3.39. The monoisotopic (exact) mass is 284 g/mol. The molecule has 1 rings (SSSR count). The van der Waals surface area contributed by atoms with Crippen LogP contribution >= 0.6 is 11.3 Å². The van der Waals surface area contributed by atoms with Gasteiger partial charge < -0.3 is 10.4 Å². The molecule has 0 atom stereocenters. The number of carbonyl (C=O) groups excluding carboxylic acids is 1. The van der Waals surface area contributed by atoms with Gasteiger partial charge in [0.1, 0.15) is 5.00 Å². The summed E-state index contributed by atoms with van der Waals surface area (Å²) in [5.74, 6) is -0.355. The van der Waals surface area contributed by atoms with Crippen molar-refractivity contribution in [3.05, 3.63) is 17.0 Å². The number of nitrogens with one attached hydrogen (secondary N) is 2. The first-order chi connectivity index (χ1) is 9.00. The summed E-state index contributed by atoms with van der Waals surface area (Å²) >= 11 is 1.20. The normalized spacial score (nSPS) is 10.5. The molecular weight excluding hydrogens is 264 g/mol. The number of carboxylic acids is 1. The number of carboxylic acid groups (broad SMARTS) is 1. The summed E-state index contributed by atoms with van der Waals surface area (Å²) in [6, 6.07) is 1.13. The van der Waals surface area contributed by atoms with Crippen LogP contribution in [-0.2, 0) is 0 Å². The fourth-order valence-electron chi connectivity index (χ4n) is 1.60. The van der Waals surface area contributed by atoms with Crippen LogP contribution in [0.4, 0.5) is 9.80 Å². The highest BCUT2D eigenvalue weighted by Gasteiger charge is 2.13. The zero-order valence-electron chi connectivity index (χ0n) is 11.2. The zero-order valence-corrected chi connectivity index (χ0v) is 12.0. The summed E-state index contributed by atoms with van der Waals surface area (Å²) in [4.78, 5) is 22.4. The Morgan fingerprint density at radius 3 is 2.74 bits per heavy atom. The third-order valence-electron chi connectivity index (χ3n) is 2.62. The Labute approximate surface area is 117 Å². The van der Waals surface area contributed by atoms with Crippen molar-refractivity contribution in [2.24, 2.45) is 5.92 Å². The molecule has 0 unspecified atom stereocenters. The van der Waals surface area contributed by atoms with Gasteiger partial charge in [0, 0.05) is 6.54 Å². The Balaban J connectivity index is 2.27. The van der Waals surface area contributed by atoms with Crippen LogP contribution in [0.3, 0.4) is 0 Å². The highest BCUT2D eigenvalue weighted by molar-refractivity contribution is 7.14. The van der Waals surface area contributed by atoms with Crippen molar-refractivity contribution in [3.63, 3.8) is 0 Å². The van der Waals surface area contributed by atoms with E-state index in [1.807, 2.05) is 0 Å². The Bertz CT molecular complexity index is 429. The molecule has 0 aliphatic carbocycles. The van der Waals surface area contributed by atoms with Gasteiger partial charge in [-0.15, -0.1) is 11.3 Å². The van der Waals surface area contributed by atoms with Crippen molar-refractivity contribution in [2.45, 2.75) is 33.1 Å². The third kappa shape index (κ3) is 5.74. The average Bonchev–Trinajstić information content (AvgIpc) is 2.76. The molecule has 3 N–H and O–H groups in total. The second-order valence-corrected chi connectivity index (χ2v) is 5.66. The van der Waals surface area contributed by atoms with Gasteiger partial charge in [0.05, 0.1) is 5.56 Å². The Morgan fingerprint density at radius 1 is 1.37 bits per heavy atom. The van der Waals surface area contributed by atoms with Crippen LogP contribution in [0.1, 0.15) is 43.5 Å². The molecule has 0 aliphatic heterocycles. The van der Waals surface area contributed by atoms with Gasteiger partial charge in [0.2, 0.25) is 0 Å². The summed E-state index contributed by atoms with van der Waals surface area (Å²) in [5.41, 5.74) is 0.125. The topological polar surface area (TPSA) is 78.4 Å². The quantitative estimate of drug-likeness (QED) is 0.671. The van der Waals surface area contributed by atoms with Crippen molar-refractivity contribution >= 4 is 28.3 Å². The highest BCUT2D eigenvalue weighted by atomic mass is 32.1. The molecule has 0 fully saturated rings. The summed E-state index contributed by atoms with van der Waals surface area (Å²) in [5, 5.41) is 16.2. The van der Waals surface area contributed by atoms with Gasteiger partial charge >= 0.3 is 12.0 Å². The van der Waals surface area contributed by atoms with Gasteiger partial charge in [0.25, 0.3) is 0 Å². The van der Waals surface area contributed by atoms with Crippen LogP contribution in [0.2, 0.25) is 0 Å². The van der Waals surface area contributed by atoms with E-state index in [9.17, 15) is 9.59 Å². The molecule has 0 saturated carbocycles. The SMILES string of the molecule is CC(C)CCCCNC(=O)Nc1sccc1C(=O)O. The van der Waals surface area contributed by atoms with Gasteiger partial charge in [-0.2, -0.15) is 0 Å². The van der Waals surface area contributed by atoms with E-state index >= 15 is 0 Å². The van der Waals surface area contributed by atoms with Crippen molar-refractivity contribution in [3.8, 4) is 0 Å². The smallest absolute Gasteiger partial charge is 0.338 e. The Hall–Kier alpha value is -1.56. The lowest BCUT2D eigenvalue weighted by Gasteiger charge is -2.07. The number of anilines is 1. The molecule has 0 aromatic carbocycles. The maximum absolute atomic E-state index is 11.6. The van der Waals surface area contributed by atoms with Crippen LogP contribution in [0.5, 0.6) is 0 Å². The number of amides is 2. The molecule has 0 aliphatic rings. The van der Waals surface area contributed by atoms with E-state index in [2.05, 4.69) is 24.5 Å². The molecule has 1 aromatic rings. The molecule has 19 heavy (non-hydrogen) atoms. The van der Waals surface area contributed by atoms with Crippen LogP contribution in [0, 0.1) is 5.92 Å². The minimum atomic E-state index is -1.03. The fraction of sp³-hybridized carbons (Fsp3) is 0.538.